The van der Waals surface area contributed by atoms with Crippen molar-refractivity contribution in [3.05, 3.63) is 24.2 Å². The molecule has 0 aromatic carbocycles. The van der Waals surface area contributed by atoms with Crippen molar-refractivity contribution in [3.8, 4) is 0 Å². The van der Waals surface area contributed by atoms with Crippen LogP contribution in [0.15, 0.2) is 22.8 Å². The minimum atomic E-state index is -0.0349. The Morgan fingerprint density at radius 2 is 1.94 bits per heavy atom. The molecule has 4 rings (SSSR count). The molecule has 0 radical (unpaired) electrons. The van der Waals surface area contributed by atoms with Crippen LogP contribution in [-0.4, -0.2) is 91.7 Å². The average molecular weight is 434 g/mol. The van der Waals surface area contributed by atoms with Crippen molar-refractivity contribution < 1.29 is 23.5 Å². The first-order chi connectivity index (χ1) is 15.2. The molecule has 1 saturated carbocycles. The quantitative estimate of drug-likeness (QED) is 0.529. The van der Waals surface area contributed by atoms with E-state index >= 15 is 0 Å². The Kier molecular flexibility index (Phi) is 7.99. The van der Waals surface area contributed by atoms with Crippen molar-refractivity contribution in [1.82, 2.24) is 14.7 Å². The Labute approximate surface area is 184 Å². The molecule has 2 saturated heterocycles. The highest BCUT2D eigenvalue weighted by Gasteiger charge is 2.35. The number of amides is 2. The third-order valence-corrected chi connectivity index (χ3v) is 6.30. The molecule has 2 amide bonds. The lowest BCUT2D eigenvalue weighted by Crippen LogP contribution is -2.46. The Hall–Kier alpha value is -1.90. The molecule has 1 aliphatic carbocycles. The van der Waals surface area contributed by atoms with E-state index in [1.807, 2.05) is 12.1 Å². The van der Waals surface area contributed by atoms with E-state index in [9.17, 15) is 9.59 Å². The normalized spacial score (nSPS) is 21.9. The summed E-state index contributed by atoms with van der Waals surface area (Å²) in [6.07, 6.45) is 6.44. The lowest BCUT2D eigenvalue weighted by atomic mass is 10.2. The first kappa shape index (κ1) is 22.3. The summed E-state index contributed by atoms with van der Waals surface area (Å²) in [5, 5.41) is 0. The van der Waals surface area contributed by atoms with Crippen LogP contribution in [0.3, 0.4) is 0 Å². The third kappa shape index (κ3) is 6.79. The first-order valence-electron chi connectivity index (χ1n) is 11.7. The maximum Gasteiger partial charge on any atom is 0.242 e. The van der Waals surface area contributed by atoms with Gasteiger partial charge < -0.3 is 23.7 Å². The summed E-state index contributed by atoms with van der Waals surface area (Å²) in [5.74, 6) is 0.948. The van der Waals surface area contributed by atoms with E-state index in [1.165, 1.54) is 0 Å². The predicted octanol–water partition coefficient (Wildman–Crippen LogP) is 1.75. The van der Waals surface area contributed by atoms with Gasteiger partial charge in [-0.3, -0.25) is 14.5 Å². The molecule has 2 aliphatic heterocycles. The molecule has 0 spiro atoms. The van der Waals surface area contributed by atoms with Crippen molar-refractivity contribution in [2.24, 2.45) is 5.92 Å². The number of carbonyl (C=O) groups is 2. The molecular weight excluding hydrogens is 398 g/mol. The molecule has 0 bridgehead atoms. The summed E-state index contributed by atoms with van der Waals surface area (Å²) < 4.78 is 16.7. The molecule has 8 nitrogen and oxygen atoms in total. The van der Waals surface area contributed by atoms with Crippen molar-refractivity contribution in [2.75, 3.05) is 59.1 Å². The third-order valence-electron chi connectivity index (χ3n) is 6.30. The zero-order chi connectivity index (χ0) is 21.5. The standard InChI is InChI=1S/C23H35N3O5/c27-22(26(16-20-4-1-12-30-20)17-21-5-2-13-31-21)18-25(23(28)19-6-7-19)9-3-8-24-10-14-29-15-11-24/h1,4,12,19,21H,2-3,5-11,13-18H2. The average Bonchev–Trinajstić information content (AvgIpc) is 3.26. The van der Waals surface area contributed by atoms with Gasteiger partial charge in [0.05, 0.1) is 38.7 Å². The molecule has 3 aliphatic rings. The highest BCUT2D eigenvalue weighted by atomic mass is 16.5. The van der Waals surface area contributed by atoms with E-state index in [0.717, 1.165) is 77.3 Å². The summed E-state index contributed by atoms with van der Waals surface area (Å²) in [4.78, 5) is 32.1. The number of rotatable bonds is 11. The minimum Gasteiger partial charge on any atom is -0.467 e. The van der Waals surface area contributed by atoms with Crippen molar-refractivity contribution in [1.29, 1.82) is 0 Å². The minimum absolute atomic E-state index is 0.0349. The number of carbonyl (C=O) groups excluding carboxylic acids is 2. The van der Waals surface area contributed by atoms with Gasteiger partial charge in [-0.25, -0.2) is 0 Å². The predicted molar refractivity (Wildman–Crippen MR) is 114 cm³/mol. The molecule has 0 N–H and O–H groups in total. The van der Waals surface area contributed by atoms with Crippen LogP contribution in [0, 0.1) is 5.92 Å². The molecule has 172 valence electrons. The number of hydrogen-bond acceptors (Lipinski definition) is 6. The van der Waals surface area contributed by atoms with Crippen LogP contribution in [0.2, 0.25) is 0 Å². The SMILES string of the molecule is O=C(CN(CCCN1CCOCC1)C(=O)C1CC1)N(Cc1ccco1)CC1CCCO1. The molecule has 1 unspecified atom stereocenters. The topological polar surface area (TPSA) is 75.5 Å². The lowest BCUT2D eigenvalue weighted by molar-refractivity contribution is -0.142. The summed E-state index contributed by atoms with van der Waals surface area (Å²) in [6, 6.07) is 3.71. The van der Waals surface area contributed by atoms with E-state index in [1.54, 1.807) is 16.1 Å². The fourth-order valence-electron chi connectivity index (χ4n) is 4.31. The molecule has 8 heteroatoms. The summed E-state index contributed by atoms with van der Waals surface area (Å²) >= 11 is 0. The van der Waals surface area contributed by atoms with Crippen LogP contribution in [-0.2, 0) is 25.6 Å². The van der Waals surface area contributed by atoms with E-state index in [-0.39, 0.29) is 30.4 Å². The van der Waals surface area contributed by atoms with Gasteiger partial charge in [-0.2, -0.15) is 0 Å². The van der Waals surface area contributed by atoms with E-state index in [0.29, 0.717) is 19.6 Å². The number of hydrogen-bond donors (Lipinski definition) is 0. The molecule has 1 aromatic rings. The van der Waals surface area contributed by atoms with Crippen LogP contribution < -0.4 is 0 Å². The van der Waals surface area contributed by atoms with Gasteiger partial charge in [-0.05, 0) is 44.2 Å². The molecular formula is C23H35N3O5. The Morgan fingerprint density at radius 3 is 2.61 bits per heavy atom. The summed E-state index contributed by atoms with van der Waals surface area (Å²) in [5.41, 5.74) is 0. The van der Waals surface area contributed by atoms with E-state index < -0.39 is 0 Å². The van der Waals surface area contributed by atoms with Gasteiger partial charge in [0, 0.05) is 45.2 Å². The van der Waals surface area contributed by atoms with Crippen LogP contribution in [0.5, 0.6) is 0 Å². The van der Waals surface area contributed by atoms with Gasteiger partial charge in [-0.15, -0.1) is 0 Å². The zero-order valence-corrected chi connectivity index (χ0v) is 18.4. The lowest BCUT2D eigenvalue weighted by Gasteiger charge is -2.30. The van der Waals surface area contributed by atoms with Crippen molar-refractivity contribution in [2.45, 2.75) is 44.8 Å². The maximum atomic E-state index is 13.3. The van der Waals surface area contributed by atoms with Gasteiger partial charge in [0.1, 0.15) is 5.76 Å². The molecule has 3 fully saturated rings. The van der Waals surface area contributed by atoms with Crippen LogP contribution in [0.1, 0.15) is 37.9 Å². The van der Waals surface area contributed by atoms with Gasteiger partial charge >= 0.3 is 0 Å². The monoisotopic (exact) mass is 433 g/mol. The highest BCUT2D eigenvalue weighted by Crippen LogP contribution is 2.31. The Balaban J connectivity index is 1.34. The largest absolute Gasteiger partial charge is 0.467 e. The van der Waals surface area contributed by atoms with Gasteiger partial charge in [-0.1, -0.05) is 0 Å². The van der Waals surface area contributed by atoms with Gasteiger partial charge in [0.25, 0.3) is 0 Å². The summed E-state index contributed by atoms with van der Waals surface area (Å²) in [7, 11) is 0. The first-order valence-corrected chi connectivity index (χ1v) is 11.7. The molecule has 3 heterocycles. The van der Waals surface area contributed by atoms with Crippen LogP contribution >= 0.6 is 0 Å². The second kappa shape index (κ2) is 11.1. The summed E-state index contributed by atoms with van der Waals surface area (Å²) in [6.45, 7) is 6.80. The fourth-order valence-corrected chi connectivity index (χ4v) is 4.31. The zero-order valence-electron chi connectivity index (χ0n) is 18.4. The molecule has 31 heavy (non-hydrogen) atoms. The number of nitrogens with zero attached hydrogens (tertiary/aromatic N) is 3. The van der Waals surface area contributed by atoms with Gasteiger partial charge in [0.2, 0.25) is 11.8 Å². The van der Waals surface area contributed by atoms with E-state index in [2.05, 4.69) is 4.90 Å². The number of ether oxygens (including phenoxy) is 2. The highest BCUT2D eigenvalue weighted by molar-refractivity contribution is 5.87. The fraction of sp³-hybridized carbons (Fsp3) is 0.739. The van der Waals surface area contributed by atoms with Crippen LogP contribution in [0.25, 0.3) is 0 Å². The molecule has 1 aromatic heterocycles. The smallest absolute Gasteiger partial charge is 0.242 e. The van der Waals surface area contributed by atoms with Crippen LogP contribution in [0.4, 0.5) is 0 Å². The number of morpholine rings is 1. The van der Waals surface area contributed by atoms with Gasteiger partial charge in [0.15, 0.2) is 0 Å². The Bertz CT molecular complexity index is 694. The second-order valence-corrected chi connectivity index (χ2v) is 8.83. The number of furan rings is 1. The molecule has 1 atom stereocenters. The Morgan fingerprint density at radius 1 is 1.10 bits per heavy atom. The van der Waals surface area contributed by atoms with Crippen molar-refractivity contribution in [3.63, 3.8) is 0 Å². The maximum absolute atomic E-state index is 13.3. The second-order valence-electron chi connectivity index (χ2n) is 8.83. The van der Waals surface area contributed by atoms with Crippen molar-refractivity contribution >= 4 is 11.8 Å². The van der Waals surface area contributed by atoms with E-state index in [4.69, 9.17) is 13.9 Å².